The van der Waals surface area contributed by atoms with Gasteiger partial charge < -0.3 is 4.90 Å². The molecule has 1 aliphatic heterocycles. The summed E-state index contributed by atoms with van der Waals surface area (Å²) in [5, 5.41) is 10.8. The van der Waals surface area contributed by atoms with Gasteiger partial charge in [0.1, 0.15) is 0 Å². The number of piperidine rings is 1. The van der Waals surface area contributed by atoms with Gasteiger partial charge in [-0.05, 0) is 37.5 Å². The average Bonchev–Trinajstić information content (AvgIpc) is 2.71. The monoisotopic (exact) mass is 381 g/mol. The first-order chi connectivity index (χ1) is 13.5. The zero-order valence-electron chi connectivity index (χ0n) is 16.5. The van der Waals surface area contributed by atoms with Gasteiger partial charge in [-0.15, -0.1) is 0 Å². The summed E-state index contributed by atoms with van der Waals surface area (Å²) in [5.74, 6) is 0.165. The van der Waals surface area contributed by atoms with Crippen LogP contribution >= 0.6 is 0 Å². The number of rotatable bonds is 6. The van der Waals surface area contributed by atoms with Gasteiger partial charge in [-0.3, -0.25) is 19.8 Å². The smallest absolute Gasteiger partial charge is 0.269 e. The van der Waals surface area contributed by atoms with Crippen LogP contribution in [0.5, 0.6) is 0 Å². The number of carbonyl (C=O) groups excluding carboxylic acids is 1. The fourth-order valence-electron chi connectivity index (χ4n) is 3.75. The van der Waals surface area contributed by atoms with Crippen LogP contribution in [0.1, 0.15) is 37.3 Å². The lowest BCUT2D eigenvalue weighted by molar-refractivity contribution is -0.384. The number of hydrogen-bond donors (Lipinski definition) is 0. The molecule has 0 N–H and O–H groups in total. The summed E-state index contributed by atoms with van der Waals surface area (Å²) >= 11 is 0. The van der Waals surface area contributed by atoms with Crippen molar-refractivity contribution in [1.29, 1.82) is 0 Å². The second kappa shape index (κ2) is 8.97. The molecule has 1 fully saturated rings. The highest BCUT2D eigenvalue weighted by Gasteiger charge is 2.28. The molecule has 1 amide bonds. The van der Waals surface area contributed by atoms with Gasteiger partial charge in [-0.1, -0.05) is 36.8 Å². The Hall–Kier alpha value is -2.73. The Morgan fingerprint density at radius 3 is 2.25 bits per heavy atom. The standard InChI is InChI=1S/C22H27N3O3/c1-3-22(26)24(19-8-4-17(2)5-9-19)20-12-14-23(15-13-20)16-18-6-10-21(11-7-18)25(27)28/h4-11,20H,3,12-16H2,1-2H3. The number of benzene rings is 2. The second-order valence-electron chi connectivity index (χ2n) is 7.38. The van der Waals surface area contributed by atoms with E-state index in [9.17, 15) is 14.9 Å². The predicted octanol–water partition coefficient (Wildman–Crippen LogP) is 4.31. The SMILES string of the molecule is CCC(=O)N(c1ccc(C)cc1)C1CCN(Cc2ccc([N+](=O)[O-])cc2)CC1. The summed E-state index contributed by atoms with van der Waals surface area (Å²) in [4.78, 5) is 27.3. The third-order valence-corrected chi connectivity index (χ3v) is 5.36. The highest BCUT2D eigenvalue weighted by Crippen LogP contribution is 2.26. The first-order valence-corrected chi connectivity index (χ1v) is 9.82. The van der Waals surface area contributed by atoms with Crippen LogP contribution in [0.15, 0.2) is 48.5 Å². The van der Waals surface area contributed by atoms with Gasteiger partial charge in [-0.25, -0.2) is 0 Å². The number of non-ortho nitro benzene ring substituents is 1. The molecule has 0 spiro atoms. The van der Waals surface area contributed by atoms with Crippen molar-refractivity contribution >= 4 is 17.3 Å². The second-order valence-corrected chi connectivity index (χ2v) is 7.38. The number of carbonyl (C=O) groups is 1. The summed E-state index contributed by atoms with van der Waals surface area (Å²) < 4.78 is 0. The van der Waals surface area contributed by atoms with E-state index in [1.54, 1.807) is 12.1 Å². The van der Waals surface area contributed by atoms with Crippen molar-refractivity contribution in [2.75, 3.05) is 18.0 Å². The largest absolute Gasteiger partial charge is 0.309 e. The molecule has 6 nitrogen and oxygen atoms in total. The number of amides is 1. The molecule has 148 valence electrons. The quantitative estimate of drug-likeness (QED) is 0.552. The van der Waals surface area contributed by atoms with Gasteiger partial charge in [0.05, 0.1) is 4.92 Å². The summed E-state index contributed by atoms with van der Waals surface area (Å²) in [6.45, 7) is 6.54. The number of aryl methyl sites for hydroxylation is 1. The topological polar surface area (TPSA) is 66.7 Å². The molecule has 1 aliphatic rings. The van der Waals surface area contributed by atoms with Gasteiger partial charge >= 0.3 is 0 Å². The van der Waals surface area contributed by atoms with E-state index >= 15 is 0 Å². The van der Waals surface area contributed by atoms with E-state index < -0.39 is 0 Å². The molecule has 0 saturated carbocycles. The average molecular weight is 381 g/mol. The third kappa shape index (κ3) is 4.75. The van der Waals surface area contributed by atoms with E-state index in [0.717, 1.165) is 43.7 Å². The maximum absolute atomic E-state index is 12.6. The predicted molar refractivity (Wildman–Crippen MR) is 110 cm³/mol. The third-order valence-electron chi connectivity index (χ3n) is 5.36. The van der Waals surface area contributed by atoms with Crippen LogP contribution in [0.2, 0.25) is 0 Å². The maximum Gasteiger partial charge on any atom is 0.269 e. The molecule has 0 atom stereocenters. The number of nitrogens with zero attached hydrogens (tertiary/aromatic N) is 3. The van der Waals surface area contributed by atoms with Crippen LogP contribution in [-0.2, 0) is 11.3 Å². The van der Waals surface area contributed by atoms with E-state index in [1.807, 2.05) is 43.0 Å². The van der Waals surface area contributed by atoms with Gasteiger partial charge in [0.25, 0.3) is 5.69 Å². The van der Waals surface area contributed by atoms with Crippen LogP contribution < -0.4 is 4.90 Å². The summed E-state index contributed by atoms with van der Waals surface area (Å²) in [5.41, 5.74) is 3.36. The van der Waals surface area contributed by atoms with Crippen LogP contribution in [0.3, 0.4) is 0 Å². The van der Waals surface area contributed by atoms with Gasteiger partial charge in [0, 0.05) is 49.9 Å². The Morgan fingerprint density at radius 1 is 1.11 bits per heavy atom. The number of nitro groups is 1. The van der Waals surface area contributed by atoms with E-state index in [2.05, 4.69) is 17.0 Å². The minimum Gasteiger partial charge on any atom is -0.309 e. The van der Waals surface area contributed by atoms with Crippen LogP contribution in [0.25, 0.3) is 0 Å². The Labute approximate surface area is 165 Å². The zero-order chi connectivity index (χ0) is 20.1. The van der Waals surface area contributed by atoms with Crippen LogP contribution in [-0.4, -0.2) is 34.9 Å². The normalized spacial score (nSPS) is 15.4. The molecule has 0 aromatic heterocycles. The van der Waals surface area contributed by atoms with E-state index in [4.69, 9.17) is 0 Å². The number of anilines is 1. The molecule has 0 bridgehead atoms. The molecule has 0 aliphatic carbocycles. The van der Waals surface area contributed by atoms with E-state index in [1.165, 1.54) is 5.56 Å². The van der Waals surface area contributed by atoms with Gasteiger partial charge in [-0.2, -0.15) is 0 Å². The molecule has 1 heterocycles. The summed E-state index contributed by atoms with van der Waals surface area (Å²) in [6, 6.07) is 15.1. The maximum atomic E-state index is 12.6. The van der Waals surface area contributed by atoms with Crippen molar-refractivity contribution < 1.29 is 9.72 Å². The fourth-order valence-corrected chi connectivity index (χ4v) is 3.75. The van der Waals surface area contributed by atoms with E-state index in [0.29, 0.717) is 6.42 Å². The lowest BCUT2D eigenvalue weighted by Gasteiger charge is -2.38. The molecule has 2 aromatic rings. The number of nitro benzene ring substituents is 1. The molecular formula is C22H27N3O3. The molecule has 1 saturated heterocycles. The first kappa shape index (κ1) is 20.0. The molecule has 0 radical (unpaired) electrons. The Balaban J connectivity index is 1.62. The van der Waals surface area contributed by atoms with Gasteiger partial charge in [0.2, 0.25) is 5.91 Å². The van der Waals surface area contributed by atoms with Crippen molar-refractivity contribution in [3.63, 3.8) is 0 Å². The van der Waals surface area contributed by atoms with Crippen molar-refractivity contribution in [1.82, 2.24) is 4.90 Å². The first-order valence-electron chi connectivity index (χ1n) is 9.82. The molecule has 3 rings (SSSR count). The molecule has 28 heavy (non-hydrogen) atoms. The molecule has 2 aromatic carbocycles. The van der Waals surface area contributed by atoms with Crippen LogP contribution in [0.4, 0.5) is 11.4 Å². The lowest BCUT2D eigenvalue weighted by Crippen LogP contribution is -2.47. The zero-order valence-corrected chi connectivity index (χ0v) is 16.5. The molecular weight excluding hydrogens is 354 g/mol. The van der Waals surface area contributed by atoms with Crippen molar-refractivity contribution in [3.8, 4) is 0 Å². The van der Waals surface area contributed by atoms with Crippen molar-refractivity contribution in [2.24, 2.45) is 0 Å². The van der Waals surface area contributed by atoms with Gasteiger partial charge in [0.15, 0.2) is 0 Å². The highest BCUT2D eigenvalue weighted by atomic mass is 16.6. The van der Waals surface area contributed by atoms with Crippen LogP contribution in [0, 0.1) is 17.0 Å². The van der Waals surface area contributed by atoms with E-state index in [-0.39, 0.29) is 22.6 Å². The molecule has 0 unspecified atom stereocenters. The molecule has 6 heteroatoms. The minimum absolute atomic E-state index is 0.120. The Bertz CT molecular complexity index is 810. The number of likely N-dealkylation sites (tertiary alicyclic amines) is 1. The summed E-state index contributed by atoms with van der Waals surface area (Å²) in [6.07, 6.45) is 2.34. The lowest BCUT2D eigenvalue weighted by atomic mass is 10.0. The summed E-state index contributed by atoms with van der Waals surface area (Å²) in [7, 11) is 0. The fraction of sp³-hybridized carbons (Fsp3) is 0.409. The minimum atomic E-state index is -0.375. The number of hydrogen-bond acceptors (Lipinski definition) is 4. The highest BCUT2D eigenvalue weighted by molar-refractivity contribution is 5.93. The Kier molecular flexibility index (Phi) is 6.41. The Morgan fingerprint density at radius 2 is 1.71 bits per heavy atom. The van der Waals surface area contributed by atoms with Crippen molar-refractivity contribution in [2.45, 2.75) is 45.7 Å². The van der Waals surface area contributed by atoms with Crippen molar-refractivity contribution in [3.05, 3.63) is 69.8 Å².